The van der Waals surface area contributed by atoms with Gasteiger partial charge in [-0.25, -0.2) is 4.98 Å². The number of hydrogen-bond donors (Lipinski definition) is 1. The highest BCUT2D eigenvalue weighted by Gasteiger charge is 2.30. The molecule has 1 fully saturated rings. The number of rotatable bonds is 5. The number of hydrogen-bond acceptors (Lipinski definition) is 7. The summed E-state index contributed by atoms with van der Waals surface area (Å²) in [5.41, 5.74) is 8.56. The largest absolute Gasteiger partial charge is 0.355 e. The number of nitrogens with zero attached hydrogens (tertiary/aromatic N) is 7. The summed E-state index contributed by atoms with van der Waals surface area (Å²) < 4.78 is 3.64. The van der Waals surface area contributed by atoms with Crippen LogP contribution in [0.4, 0.5) is 5.82 Å². The number of aliphatic imine (C=N–C) groups is 1. The van der Waals surface area contributed by atoms with Crippen molar-refractivity contribution in [3.8, 4) is 6.07 Å². The molecule has 2 N–H and O–H groups in total. The van der Waals surface area contributed by atoms with E-state index in [1.54, 1.807) is 10.9 Å². The Balaban J connectivity index is 1.47. The normalized spacial score (nSPS) is 21.1. The van der Waals surface area contributed by atoms with Gasteiger partial charge >= 0.3 is 0 Å². The molecule has 9 nitrogen and oxygen atoms in total. The molecule has 0 saturated carbocycles. The van der Waals surface area contributed by atoms with Gasteiger partial charge in [-0.2, -0.15) is 5.26 Å². The highest BCUT2D eigenvalue weighted by atomic mass is 16.1. The van der Waals surface area contributed by atoms with E-state index in [2.05, 4.69) is 25.8 Å². The number of nitriles is 1. The van der Waals surface area contributed by atoms with E-state index >= 15 is 0 Å². The lowest BCUT2D eigenvalue weighted by Crippen LogP contribution is -2.44. The molecule has 0 spiro atoms. The highest BCUT2D eigenvalue weighted by molar-refractivity contribution is 5.96. The van der Waals surface area contributed by atoms with Crippen molar-refractivity contribution in [1.29, 1.82) is 5.26 Å². The van der Waals surface area contributed by atoms with E-state index in [4.69, 9.17) is 5.73 Å². The summed E-state index contributed by atoms with van der Waals surface area (Å²) in [6.07, 6.45) is 11.4. The van der Waals surface area contributed by atoms with E-state index < -0.39 is 0 Å². The van der Waals surface area contributed by atoms with Gasteiger partial charge in [0.15, 0.2) is 0 Å². The van der Waals surface area contributed by atoms with Gasteiger partial charge in [0.05, 0.1) is 18.9 Å². The summed E-state index contributed by atoms with van der Waals surface area (Å²) >= 11 is 0. The van der Waals surface area contributed by atoms with Gasteiger partial charge in [-0.05, 0) is 30.6 Å². The second-order valence-corrected chi connectivity index (χ2v) is 9.59. The minimum atomic E-state index is -0.148. The van der Waals surface area contributed by atoms with Crippen LogP contribution in [0.2, 0.25) is 0 Å². The third-order valence-electron chi connectivity index (χ3n) is 7.19. The molecule has 3 aliphatic rings. The predicted molar refractivity (Wildman–Crippen MR) is 140 cm³/mol. The van der Waals surface area contributed by atoms with Crippen LogP contribution < -0.4 is 16.2 Å². The first-order valence-electron chi connectivity index (χ1n) is 12.4. The van der Waals surface area contributed by atoms with Gasteiger partial charge in [0.1, 0.15) is 34.3 Å². The molecule has 0 radical (unpaired) electrons. The van der Waals surface area contributed by atoms with Crippen molar-refractivity contribution in [2.24, 2.45) is 10.7 Å². The quantitative estimate of drug-likeness (QED) is 0.600. The molecular weight excluding hydrogens is 452 g/mol. The van der Waals surface area contributed by atoms with E-state index in [9.17, 15) is 10.1 Å². The molecular formula is C27H28N8O. The molecule has 0 bridgehead atoms. The molecule has 9 heteroatoms. The van der Waals surface area contributed by atoms with Crippen molar-refractivity contribution >= 4 is 22.7 Å². The zero-order chi connectivity index (χ0) is 24.6. The van der Waals surface area contributed by atoms with Crippen molar-refractivity contribution in [3.05, 3.63) is 82.6 Å². The Bertz CT molecular complexity index is 1490. The van der Waals surface area contributed by atoms with Crippen LogP contribution in [-0.2, 0) is 13.1 Å². The molecule has 1 aromatic carbocycles. The van der Waals surface area contributed by atoms with E-state index in [1.165, 1.54) is 0 Å². The van der Waals surface area contributed by atoms with Crippen LogP contribution in [0.15, 0.2) is 70.9 Å². The van der Waals surface area contributed by atoms with Crippen LogP contribution >= 0.6 is 0 Å². The first kappa shape index (κ1) is 22.3. The summed E-state index contributed by atoms with van der Waals surface area (Å²) in [5, 5.41) is 10.2. The molecule has 5 heterocycles. The van der Waals surface area contributed by atoms with Gasteiger partial charge in [-0.1, -0.05) is 36.4 Å². The summed E-state index contributed by atoms with van der Waals surface area (Å²) in [4.78, 5) is 27.5. The van der Waals surface area contributed by atoms with Crippen LogP contribution in [0.5, 0.6) is 0 Å². The topological polar surface area (TPSA) is 108 Å². The lowest BCUT2D eigenvalue weighted by atomic mass is 10.1. The van der Waals surface area contributed by atoms with Crippen LogP contribution in [0.25, 0.3) is 11.0 Å². The second kappa shape index (κ2) is 9.13. The summed E-state index contributed by atoms with van der Waals surface area (Å²) in [5.74, 6) is 1.65. The lowest BCUT2D eigenvalue weighted by molar-refractivity contribution is 0.383. The van der Waals surface area contributed by atoms with Crippen molar-refractivity contribution < 1.29 is 0 Å². The van der Waals surface area contributed by atoms with Gasteiger partial charge in [-0.15, -0.1) is 0 Å². The Morgan fingerprint density at radius 2 is 2.06 bits per heavy atom. The number of anilines is 1. The van der Waals surface area contributed by atoms with Crippen molar-refractivity contribution in [2.45, 2.75) is 38.0 Å². The third kappa shape index (κ3) is 3.80. The molecule has 1 unspecified atom stereocenters. The molecule has 1 saturated heterocycles. The highest BCUT2D eigenvalue weighted by Crippen LogP contribution is 2.32. The number of allylic oxidation sites excluding steroid dienone is 2. The number of amidine groups is 1. The van der Waals surface area contributed by atoms with Gasteiger partial charge in [0.25, 0.3) is 5.56 Å². The molecule has 2 atom stereocenters. The Labute approximate surface area is 209 Å². The maximum atomic E-state index is 14.0. The third-order valence-corrected chi connectivity index (χ3v) is 7.19. The summed E-state index contributed by atoms with van der Waals surface area (Å²) in [6, 6.07) is 12.4. The van der Waals surface area contributed by atoms with Crippen LogP contribution in [0.3, 0.4) is 0 Å². The molecule has 0 amide bonds. The number of benzene rings is 1. The SMILES string of the molecule is N#Cc1c(N2CCC[C@H](N)C2)n(Cc2ccccc2)c2c(=O)n(CC3CN=C4C=CC=CN43)cnc12. The Hall–Kier alpha value is -4.16. The van der Waals surface area contributed by atoms with Crippen molar-refractivity contribution in [2.75, 3.05) is 24.5 Å². The van der Waals surface area contributed by atoms with E-state index in [0.29, 0.717) is 42.8 Å². The second-order valence-electron chi connectivity index (χ2n) is 9.59. The van der Waals surface area contributed by atoms with E-state index in [-0.39, 0.29) is 17.6 Å². The molecule has 0 aliphatic carbocycles. The number of aromatic nitrogens is 3. The maximum Gasteiger partial charge on any atom is 0.278 e. The number of fused-ring (bicyclic) bond motifs is 2. The Morgan fingerprint density at radius 1 is 1.19 bits per heavy atom. The average Bonchev–Trinajstić information content (AvgIpc) is 3.45. The Morgan fingerprint density at radius 3 is 2.86 bits per heavy atom. The van der Waals surface area contributed by atoms with Gasteiger partial charge in [0, 0.05) is 38.4 Å². The first-order valence-corrected chi connectivity index (χ1v) is 12.4. The first-order chi connectivity index (χ1) is 17.6. The Kier molecular flexibility index (Phi) is 5.66. The average molecular weight is 481 g/mol. The zero-order valence-corrected chi connectivity index (χ0v) is 20.0. The van der Waals surface area contributed by atoms with Crippen LogP contribution in [0.1, 0.15) is 24.0 Å². The van der Waals surface area contributed by atoms with Crippen molar-refractivity contribution in [1.82, 2.24) is 19.0 Å². The van der Waals surface area contributed by atoms with Crippen molar-refractivity contribution in [3.63, 3.8) is 0 Å². The predicted octanol–water partition coefficient (Wildman–Crippen LogP) is 2.21. The number of nitrogens with two attached hydrogens (primary N) is 1. The molecule has 2 aromatic heterocycles. The van der Waals surface area contributed by atoms with Gasteiger partial charge < -0.3 is 20.1 Å². The van der Waals surface area contributed by atoms with Crippen LogP contribution in [-0.4, -0.2) is 56.6 Å². The van der Waals surface area contributed by atoms with E-state index in [0.717, 1.165) is 36.6 Å². The monoisotopic (exact) mass is 480 g/mol. The van der Waals surface area contributed by atoms with Crippen LogP contribution in [0, 0.1) is 11.3 Å². The minimum Gasteiger partial charge on any atom is -0.355 e. The fourth-order valence-electron chi connectivity index (χ4n) is 5.48. The molecule has 3 aliphatic heterocycles. The van der Waals surface area contributed by atoms with Gasteiger partial charge in [-0.3, -0.25) is 14.4 Å². The van der Waals surface area contributed by atoms with Gasteiger partial charge in [0.2, 0.25) is 0 Å². The van der Waals surface area contributed by atoms with E-state index in [1.807, 2.05) is 59.3 Å². The minimum absolute atomic E-state index is 0.0290. The zero-order valence-electron chi connectivity index (χ0n) is 20.0. The number of piperidine rings is 1. The molecule has 36 heavy (non-hydrogen) atoms. The lowest BCUT2D eigenvalue weighted by Gasteiger charge is -2.33. The summed E-state index contributed by atoms with van der Waals surface area (Å²) in [7, 11) is 0. The fourth-order valence-corrected chi connectivity index (χ4v) is 5.48. The summed E-state index contributed by atoms with van der Waals surface area (Å²) in [6.45, 7) is 2.97. The standard InChI is InChI=1S/C27H28N8O/c28-13-22-24-25(27(36)33(18-31-24)17-21-14-30-23-10-4-5-12-34(21)23)35(15-19-7-2-1-3-8-19)26(22)32-11-6-9-20(29)16-32/h1-5,7-8,10,12,18,20-21H,6,9,11,14-17,29H2/t20-,21?/m0/s1. The molecule has 3 aromatic rings. The fraction of sp³-hybridized carbons (Fsp3) is 0.333. The maximum absolute atomic E-state index is 14.0. The molecule has 182 valence electrons. The molecule has 6 rings (SSSR count). The smallest absolute Gasteiger partial charge is 0.278 e.